The molecule has 0 unspecified atom stereocenters. The number of rotatable bonds is 6. The summed E-state index contributed by atoms with van der Waals surface area (Å²) in [7, 11) is 0. The summed E-state index contributed by atoms with van der Waals surface area (Å²) in [5.74, 6) is -0.459. The predicted molar refractivity (Wildman–Crippen MR) is 63.2 cm³/mol. The normalized spacial score (nSPS) is 12.1. The number of carboxylic acid groups (broad SMARTS) is 1. The zero-order valence-electron chi connectivity index (χ0n) is 9.93. The third-order valence-corrected chi connectivity index (χ3v) is 2.35. The molecule has 0 aromatic heterocycles. The van der Waals surface area contributed by atoms with Crippen molar-refractivity contribution in [3.05, 3.63) is 23.8 Å². The van der Waals surface area contributed by atoms with Gasteiger partial charge in [0.1, 0.15) is 6.04 Å². The Balaban J connectivity index is 2.71. The Hall–Kier alpha value is -1.75. The van der Waals surface area contributed by atoms with Crippen LogP contribution in [0.5, 0.6) is 11.5 Å². The van der Waals surface area contributed by atoms with Crippen molar-refractivity contribution < 1.29 is 19.7 Å². The van der Waals surface area contributed by atoms with Gasteiger partial charge in [-0.25, -0.2) is 0 Å². The SMILES string of the molecule is CCOc1cccc(CN[C@H](C)C(=O)O)c1O. The van der Waals surface area contributed by atoms with E-state index in [1.807, 2.05) is 6.92 Å². The minimum atomic E-state index is -0.926. The molecule has 1 aromatic carbocycles. The van der Waals surface area contributed by atoms with Crippen molar-refractivity contribution in [3.63, 3.8) is 0 Å². The van der Waals surface area contributed by atoms with Gasteiger partial charge in [0.05, 0.1) is 6.61 Å². The average Bonchev–Trinajstić information content (AvgIpc) is 2.30. The van der Waals surface area contributed by atoms with Gasteiger partial charge in [0, 0.05) is 12.1 Å². The smallest absolute Gasteiger partial charge is 0.320 e. The molecule has 1 rings (SSSR count). The van der Waals surface area contributed by atoms with Crippen LogP contribution in [-0.4, -0.2) is 28.8 Å². The van der Waals surface area contributed by atoms with E-state index in [0.29, 0.717) is 17.9 Å². The van der Waals surface area contributed by atoms with E-state index >= 15 is 0 Å². The molecule has 0 heterocycles. The molecule has 1 atom stereocenters. The third-order valence-electron chi connectivity index (χ3n) is 2.35. The Bertz CT molecular complexity index is 392. The van der Waals surface area contributed by atoms with Gasteiger partial charge >= 0.3 is 5.97 Å². The topological polar surface area (TPSA) is 78.8 Å². The molecule has 1 aromatic rings. The van der Waals surface area contributed by atoms with Crippen molar-refractivity contribution >= 4 is 5.97 Å². The quantitative estimate of drug-likeness (QED) is 0.698. The molecule has 0 amide bonds. The first-order valence-electron chi connectivity index (χ1n) is 5.46. The van der Waals surface area contributed by atoms with Gasteiger partial charge in [-0.15, -0.1) is 0 Å². The monoisotopic (exact) mass is 239 g/mol. The maximum Gasteiger partial charge on any atom is 0.320 e. The van der Waals surface area contributed by atoms with Gasteiger partial charge in [0.25, 0.3) is 0 Å². The molecule has 0 aliphatic heterocycles. The van der Waals surface area contributed by atoms with Gasteiger partial charge in [-0.05, 0) is 19.9 Å². The maximum absolute atomic E-state index is 10.6. The molecular formula is C12H17NO4. The lowest BCUT2D eigenvalue weighted by atomic mass is 10.1. The molecule has 0 radical (unpaired) electrons. The molecule has 0 aliphatic carbocycles. The fourth-order valence-corrected chi connectivity index (χ4v) is 1.33. The van der Waals surface area contributed by atoms with Crippen LogP contribution in [0.25, 0.3) is 0 Å². The first kappa shape index (κ1) is 13.3. The van der Waals surface area contributed by atoms with E-state index in [1.165, 1.54) is 0 Å². The van der Waals surface area contributed by atoms with Crippen LogP contribution in [0.2, 0.25) is 0 Å². The summed E-state index contributed by atoms with van der Waals surface area (Å²) in [5, 5.41) is 21.4. The van der Waals surface area contributed by atoms with Crippen LogP contribution < -0.4 is 10.1 Å². The van der Waals surface area contributed by atoms with Crippen molar-refractivity contribution in [2.45, 2.75) is 26.4 Å². The molecule has 5 heteroatoms. The highest BCUT2D eigenvalue weighted by molar-refractivity contribution is 5.72. The highest BCUT2D eigenvalue weighted by Gasteiger charge is 2.12. The van der Waals surface area contributed by atoms with Gasteiger partial charge < -0.3 is 20.3 Å². The molecule has 0 spiro atoms. The molecule has 3 N–H and O–H groups in total. The predicted octanol–water partition coefficient (Wildman–Crippen LogP) is 1.35. The summed E-state index contributed by atoms with van der Waals surface area (Å²) in [6.45, 7) is 4.12. The Labute approximate surface area is 100 Å². The second-order valence-corrected chi connectivity index (χ2v) is 3.64. The zero-order chi connectivity index (χ0) is 12.8. The van der Waals surface area contributed by atoms with Crippen molar-refractivity contribution in [3.8, 4) is 11.5 Å². The summed E-state index contributed by atoms with van der Waals surface area (Å²) < 4.78 is 5.24. The molecule has 94 valence electrons. The lowest BCUT2D eigenvalue weighted by Crippen LogP contribution is -2.33. The number of phenolic OH excluding ortho intramolecular Hbond substituents is 1. The van der Waals surface area contributed by atoms with E-state index in [-0.39, 0.29) is 12.3 Å². The molecule has 5 nitrogen and oxygen atoms in total. The Morgan fingerprint density at radius 2 is 2.24 bits per heavy atom. The number of nitrogens with one attached hydrogen (secondary N) is 1. The third kappa shape index (κ3) is 3.64. The van der Waals surface area contributed by atoms with Crippen molar-refractivity contribution in [1.29, 1.82) is 0 Å². The molecule has 17 heavy (non-hydrogen) atoms. The Kier molecular flexibility index (Phi) is 4.78. The molecule has 0 bridgehead atoms. The fraction of sp³-hybridized carbons (Fsp3) is 0.417. The molecule has 0 saturated carbocycles. The highest BCUT2D eigenvalue weighted by Crippen LogP contribution is 2.29. The van der Waals surface area contributed by atoms with E-state index < -0.39 is 12.0 Å². The minimum Gasteiger partial charge on any atom is -0.504 e. The summed E-state index contributed by atoms with van der Waals surface area (Å²) in [6.07, 6.45) is 0. The van der Waals surface area contributed by atoms with Crippen molar-refractivity contribution in [2.75, 3.05) is 6.61 Å². The number of benzene rings is 1. The number of phenols is 1. The van der Waals surface area contributed by atoms with E-state index in [1.54, 1.807) is 25.1 Å². The van der Waals surface area contributed by atoms with Crippen LogP contribution in [-0.2, 0) is 11.3 Å². The van der Waals surface area contributed by atoms with E-state index in [4.69, 9.17) is 9.84 Å². The number of ether oxygens (including phenoxy) is 1. The largest absolute Gasteiger partial charge is 0.504 e. The number of hydrogen-bond acceptors (Lipinski definition) is 4. The van der Waals surface area contributed by atoms with E-state index in [0.717, 1.165) is 0 Å². The second-order valence-electron chi connectivity index (χ2n) is 3.64. The number of carbonyl (C=O) groups is 1. The molecule has 0 saturated heterocycles. The zero-order valence-corrected chi connectivity index (χ0v) is 9.93. The van der Waals surface area contributed by atoms with Crippen LogP contribution in [0.15, 0.2) is 18.2 Å². The summed E-state index contributed by atoms with van der Waals surface area (Å²) >= 11 is 0. The van der Waals surface area contributed by atoms with Gasteiger partial charge in [0.2, 0.25) is 0 Å². The minimum absolute atomic E-state index is 0.0550. The van der Waals surface area contributed by atoms with Crippen molar-refractivity contribution in [2.24, 2.45) is 0 Å². The van der Waals surface area contributed by atoms with Gasteiger partial charge in [-0.3, -0.25) is 4.79 Å². The second kappa shape index (κ2) is 6.10. The Morgan fingerprint density at radius 3 is 2.82 bits per heavy atom. The van der Waals surface area contributed by atoms with Crippen LogP contribution in [0, 0.1) is 0 Å². The van der Waals surface area contributed by atoms with Crippen LogP contribution in [0.4, 0.5) is 0 Å². The lowest BCUT2D eigenvalue weighted by molar-refractivity contribution is -0.139. The number of para-hydroxylation sites is 1. The standard InChI is InChI=1S/C12H17NO4/c1-3-17-10-6-4-5-9(11(10)14)7-13-8(2)12(15)16/h4-6,8,13-14H,3,7H2,1-2H3,(H,15,16)/t8-/m1/s1. The fourth-order valence-electron chi connectivity index (χ4n) is 1.33. The van der Waals surface area contributed by atoms with Gasteiger partial charge in [-0.2, -0.15) is 0 Å². The van der Waals surface area contributed by atoms with Gasteiger partial charge in [-0.1, -0.05) is 12.1 Å². The van der Waals surface area contributed by atoms with E-state index in [2.05, 4.69) is 5.32 Å². The van der Waals surface area contributed by atoms with Gasteiger partial charge in [0.15, 0.2) is 11.5 Å². The highest BCUT2D eigenvalue weighted by atomic mass is 16.5. The number of aliphatic carboxylic acids is 1. The maximum atomic E-state index is 10.6. The number of carboxylic acids is 1. The van der Waals surface area contributed by atoms with Crippen LogP contribution >= 0.6 is 0 Å². The molecular weight excluding hydrogens is 222 g/mol. The molecule has 0 fully saturated rings. The molecule has 0 aliphatic rings. The Morgan fingerprint density at radius 1 is 1.53 bits per heavy atom. The van der Waals surface area contributed by atoms with Crippen molar-refractivity contribution in [1.82, 2.24) is 5.32 Å². The summed E-state index contributed by atoms with van der Waals surface area (Å²) in [4.78, 5) is 10.6. The number of hydrogen-bond donors (Lipinski definition) is 3. The first-order valence-corrected chi connectivity index (χ1v) is 5.46. The van der Waals surface area contributed by atoms with Crippen LogP contribution in [0.3, 0.4) is 0 Å². The van der Waals surface area contributed by atoms with E-state index in [9.17, 15) is 9.90 Å². The lowest BCUT2D eigenvalue weighted by Gasteiger charge is -2.12. The average molecular weight is 239 g/mol. The van der Waals surface area contributed by atoms with Crippen LogP contribution in [0.1, 0.15) is 19.4 Å². The first-order chi connectivity index (χ1) is 8.06. The summed E-state index contributed by atoms with van der Waals surface area (Å²) in [5.41, 5.74) is 0.615. The number of aromatic hydroxyl groups is 1. The summed E-state index contributed by atoms with van der Waals surface area (Å²) in [6, 6.07) is 4.49.